The van der Waals surface area contributed by atoms with Crippen LogP contribution in [0.1, 0.15) is 49.8 Å². The third kappa shape index (κ3) is 5.60. The van der Waals surface area contributed by atoms with E-state index in [1.807, 2.05) is 0 Å². The average Bonchev–Trinajstić information content (AvgIpc) is 3.07. The lowest BCUT2D eigenvalue weighted by Gasteiger charge is -2.10. The summed E-state index contributed by atoms with van der Waals surface area (Å²) in [5, 5.41) is 2.67. The van der Waals surface area contributed by atoms with E-state index in [4.69, 9.17) is 18.9 Å². The van der Waals surface area contributed by atoms with Crippen molar-refractivity contribution in [3.8, 4) is 11.5 Å². The number of hydrogen-bond donors (Lipinski definition) is 1. The molecule has 0 atom stereocenters. The van der Waals surface area contributed by atoms with Crippen molar-refractivity contribution in [2.75, 3.05) is 32.8 Å². The minimum atomic E-state index is -0.771. The number of methoxy groups -OCH3 is 2. The molecule has 0 saturated heterocycles. The smallest absolute Gasteiger partial charge is 0.342 e. The van der Waals surface area contributed by atoms with Gasteiger partial charge >= 0.3 is 11.9 Å². The van der Waals surface area contributed by atoms with Crippen molar-refractivity contribution in [1.29, 1.82) is 0 Å². The van der Waals surface area contributed by atoms with E-state index in [-0.39, 0.29) is 34.3 Å². The summed E-state index contributed by atoms with van der Waals surface area (Å²) in [4.78, 5) is 49.2. The van der Waals surface area contributed by atoms with Crippen LogP contribution in [0.15, 0.2) is 18.2 Å². The fourth-order valence-corrected chi connectivity index (χ4v) is 3.83. The number of carbonyl (C=O) groups excluding carboxylic acids is 4. The van der Waals surface area contributed by atoms with Crippen LogP contribution in [0.5, 0.6) is 11.5 Å². The Morgan fingerprint density at radius 1 is 1.03 bits per heavy atom. The van der Waals surface area contributed by atoms with Crippen molar-refractivity contribution in [3.05, 3.63) is 39.8 Å². The van der Waals surface area contributed by atoms with E-state index in [9.17, 15) is 19.2 Å². The van der Waals surface area contributed by atoms with Gasteiger partial charge in [0, 0.05) is 6.07 Å². The summed E-state index contributed by atoms with van der Waals surface area (Å²) in [6.07, 6.45) is 0. The van der Waals surface area contributed by atoms with Gasteiger partial charge in [0.1, 0.15) is 22.1 Å². The molecule has 1 N–H and O–H groups in total. The predicted octanol–water partition coefficient (Wildman–Crippen LogP) is 3.25. The second-order valence-corrected chi connectivity index (χ2v) is 7.25. The first-order chi connectivity index (χ1) is 14.7. The summed E-state index contributed by atoms with van der Waals surface area (Å²) < 4.78 is 20.3. The van der Waals surface area contributed by atoms with Crippen LogP contribution in [0.4, 0.5) is 5.00 Å². The fourth-order valence-electron chi connectivity index (χ4n) is 2.73. The number of benzene rings is 1. The predicted molar refractivity (Wildman–Crippen MR) is 113 cm³/mol. The van der Waals surface area contributed by atoms with Gasteiger partial charge in [-0.1, -0.05) is 0 Å². The van der Waals surface area contributed by atoms with Gasteiger partial charge < -0.3 is 24.3 Å². The van der Waals surface area contributed by atoms with Crippen LogP contribution in [0.3, 0.4) is 0 Å². The molecule has 0 radical (unpaired) electrons. The first kappa shape index (κ1) is 23.9. The molecule has 10 heteroatoms. The zero-order valence-corrected chi connectivity index (χ0v) is 18.6. The maximum Gasteiger partial charge on any atom is 0.342 e. The number of hydrogen-bond acceptors (Lipinski definition) is 9. The van der Waals surface area contributed by atoms with Crippen LogP contribution in [-0.4, -0.2) is 51.1 Å². The number of carbonyl (C=O) groups is 4. The number of amides is 1. The SMILES string of the molecule is CCOC(=O)c1c(NC(=O)COC(=O)c2ccc(OC)cc2OC)sc(C(C)=O)c1C. The topological polar surface area (TPSA) is 117 Å². The molecule has 0 aliphatic carbocycles. The minimum Gasteiger partial charge on any atom is -0.497 e. The highest BCUT2D eigenvalue weighted by Gasteiger charge is 2.25. The number of rotatable bonds is 9. The zero-order chi connectivity index (χ0) is 23.1. The van der Waals surface area contributed by atoms with Gasteiger partial charge in [0.25, 0.3) is 5.91 Å². The van der Waals surface area contributed by atoms with Crippen molar-refractivity contribution in [1.82, 2.24) is 0 Å². The Bertz CT molecular complexity index is 1010. The summed E-state index contributed by atoms with van der Waals surface area (Å²) in [5.41, 5.74) is 0.647. The van der Waals surface area contributed by atoms with Crippen molar-refractivity contribution in [2.24, 2.45) is 0 Å². The quantitative estimate of drug-likeness (QED) is 0.458. The summed E-state index contributed by atoms with van der Waals surface area (Å²) in [7, 11) is 2.87. The minimum absolute atomic E-state index is 0.105. The first-order valence-electron chi connectivity index (χ1n) is 9.23. The zero-order valence-electron chi connectivity index (χ0n) is 17.8. The lowest BCUT2D eigenvalue weighted by molar-refractivity contribution is -0.119. The Morgan fingerprint density at radius 2 is 1.74 bits per heavy atom. The van der Waals surface area contributed by atoms with Crippen LogP contribution < -0.4 is 14.8 Å². The molecule has 0 aliphatic heterocycles. The second-order valence-electron chi connectivity index (χ2n) is 6.23. The third-order valence-corrected chi connectivity index (χ3v) is 5.47. The highest BCUT2D eigenvalue weighted by atomic mass is 32.1. The van der Waals surface area contributed by atoms with Crippen LogP contribution in [-0.2, 0) is 14.3 Å². The van der Waals surface area contributed by atoms with Crippen LogP contribution >= 0.6 is 11.3 Å². The molecular formula is C21H23NO8S. The molecule has 0 spiro atoms. The van der Waals surface area contributed by atoms with E-state index in [2.05, 4.69) is 5.32 Å². The molecule has 0 fully saturated rings. The van der Waals surface area contributed by atoms with Crippen molar-refractivity contribution in [3.63, 3.8) is 0 Å². The molecule has 2 aromatic rings. The van der Waals surface area contributed by atoms with E-state index >= 15 is 0 Å². The Kier molecular flexibility index (Phi) is 8.14. The van der Waals surface area contributed by atoms with Gasteiger partial charge in [-0.15, -0.1) is 11.3 Å². The van der Waals surface area contributed by atoms with Crippen LogP contribution in [0.25, 0.3) is 0 Å². The molecule has 0 unspecified atom stereocenters. The normalized spacial score (nSPS) is 10.2. The van der Waals surface area contributed by atoms with Gasteiger partial charge in [0.05, 0.1) is 31.3 Å². The average molecular weight is 449 g/mol. The summed E-state index contributed by atoms with van der Waals surface area (Å²) in [5.74, 6) is -1.62. The highest BCUT2D eigenvalue weighted by molar-refractivity contribution is 7.18. The largest absolute Gasteiger partial charge is 0.497 e. The molecule has 0 saturated carbocycles. The Balaban J connectivity index is 2.14. The third-order valence-electron chi connectivity index (χ3n) is 4.16. The summed E-state index contributed by atoms with van der Waals surface area (Å²) in [6.45, 7) is 4.14. The first-order valence-corrected chi connectivity index (χ1v) is 10.1. The summed E-state index contributed by atoms with van der Waals surface area (Å²) in [6, 6.07) is 4.53. The van der Waals surface area contributed by atoms with Crippen LogP contribution in [0.2, 0.25) is 0 Å². The second kappa shape index (κ2) is 10.6. The summed E-state index contributed by atoms with van der Waals surface area (Å²) >= 11 is 0.961. The lowest BCUT2D eigenvalue weighted by Crippen LogP contribution is -2.22. The maximum absolute atomic E-state index is 12.4. The standard InChI is InChI=1S/C21H23NO8S/c1-6-29-21(26)17-11(2)18(12(3)23)31-19(17)22-16(24)10-30-20(25)14-8-7-13(27-4)9-15(14)28-5/h7-9H,6,10H2,1-5H3,(H,22,24). The van der Waals surface area contributed by atoms with Gasteiger partial charge in [-0.25, -0.2) is 9.59 Å². The molecule has 1 amide bonds. The molecule has 166 valence electrons. The molecule has 2 rings (SSSR count). The molecule has 1 aromatic heterocycles. The Hall–Kier alpha value is -3.40. The maximum atomic E-state index is 12.4. The lowest BCUT2D eigenvalue weighted by atomic mass is 10.1. The fraction of sp³-hybridized carbons (Fsp3) is 0.333. The molecule has 0 aliphatic rings. The molecule has 1 heterocycles. The number of ether oxygens (including phenoxy) is 4. The number of Topliss-reactive ketones (excluding diaryl/α,β-unsaturated/α-hetero) is 1. The van der Waals surface area contributed by atoms with Crippen molar-refractivity contribution in [2.45, 2.75) is 20.8 Å². The van der Waals surface area contributed by atoms with Gasteiger partial charge in [-0.05, 0) is 38.5 Å². The molecule has 9 nitrogen and oxygen atoms in total. The van der Waals surface area contributed by atoms with Gasteiger partial charge in [-0.2, -0.15) is 0 Å². The number of esters is 2. The molecular weight excluding hydrogens is 426 g/mol. The highest BCUT2D eigenvalue weighted by Crippen LogP contribution is 2.34. The number of anilines is 1. The Labute approximate surface area is 183 Å². The number of thiophene rings is 1. The van der Waals surface area contributed by atoms with Crippen molar-refractivity contribution < 1.29 is 38.1 Å². The van der Waals surface area contributed by atoms with E-state index < -0.39 is 24.5 Å². The van der Waals surface area contributed by atoms with Gasteiger partial charge in [0.2, 0.25) is 0 Å². The number of nitrogens with one attached hydrogen (secondary N) is 1. The molecule has 31 heavy (non-hydrogen) atoms. The molecule has 0 bridgehead atoms. The number of ketones is 1. The van der Waals surface area contributed by atoms with Crippen molar-refractivity contribution >= 4 is 40.0 Å². The van der Waals surface area contributed by atoms with E-state index in [1.165, 1.54) is 33.3 Å². The Morgan fingerprint density at radius 3 is 2.32 bits per heavy atom. The monoisotopic (exact) mass is 449 g/mol. The van der Waals surface area contributed by atoms with Gasteiger partial charge in [-0.3, -0.25) is 9.59 Å². The van der Waals surface area contributed by atoms with Crippen LogP contribution in [0, 0.1) is 6.92 Å². The van der Waals surface area contributed by atoms with E-state index in [0.717, 1.165) is 11.3 Å². The van der Waals surface area contributed by atoms with Gasteiger partial charge in [0.15, 0.2) is 12.4 Å². The molecule has 1 aromatic carbocycles. The van der Waals surface area contributed by atoms with E-state index in [1.54, 1.807) is 19.9 Å². The van der Waals surface area contributed by atoms with E-state index in [0.29, 0.717) is 16.2 Å².